The molecule has 6 heteroatoms. The molecule has 6 nitrogen and oxygen atoms in total. The van der Waals surface area contributed by atoms with E-state index in [4.69, 9.17) is 10.2 Å². The molecule has 0 aromatic heterocycles. The first-order valence-corrected chi connectivity index (χ1v) is 4.74. The summed E-state index contributed by atoms with van der Waals surface area (Å²) in [5, 5.41) is 27.1. The lowest BCUT2D eigenvalue weighted by Crippen LogP contribution is -2.27. The molecule has 2 atom stereocenters. The Bertz CT molecular complexity index is 410. The molecule has 0 amide bonds. The van der Waals surface area contributed by atoms with Crippen molar-refractivity contribution in [2.75, 3.05) is 7.11 Å². The molecule has 3 N–H and O–H groups in total. The van der Waals surface area contributed by atoms with Crippen LogP contribution < -0.4 is 0 Å². The van der Waals surface area contributed by atoms with Crippen molar-refractivity contribution in [1.29, 1.82) is 0 Å². The molecule has 0 aliphatic rings. The van der Waals surface area contributed by atoms with Gasteiger partial charge in [0.2, 0.25) is 0 Å². The Morgan fingerprint density at radius 3 is 2.12 bits per heavy atom. The third-order valence-corrected chi connectivity index (χ3v) is 2.23. The molecule has 1 rings (SSSR count). The topological polar surface area (TPSA) is 104 Å². The number of aliphatic hydroxyl groups is 2. The van der Waals surface area contributed by atoms with Gasteiger partial charge in [-0.2, -0.15) is 0 Å². The minimum absolute atomic E-state index is 0.201. The van der Waals surface area contributed by atoms with Crippen molar-refractivity contribution in [3.8, 4) is 0 Å². The van der Waals surface area contributed by atoms with E-state index in [0.717, 1.165) is 0 Å². The number of carboxylic acids is 1. The van der Waals surface area contributed by atoms with E-state index >= 15 is 0 Å². The maximum Gasteiger partial charge on any atom is 0.337 e. The van der Waals surface area contributed by atoms with Crippen LogP contribution in [0.25, 0.3) is 0 Å². The van der Waals surface area contributed by atoms with Gasteiger partial charge in [-0.15, -0.1) is 0 Å². The number of methoxy groups -OCH3 is 1. The van der Waals surface area contributed by atoms with Gasteiger partial charge in [0.15, 0.2) is 6.10 Å². The van der Waals surface area contributed by atoms with Crippen LogP contribution in [0.1, 0.15) is 22.0 Å². The highest BCUT2D eigenvalue weighted by atomic mass is 16.5. The van der Waals surface area contributed by atoms with Gasteiger partial charge in [-0.05, 0) is 17.7 Å². The average Bonchev–Trinajstić information content (AvgIpc) is 2.36. The van der Waals surface area contributed by atoms with E-state index < -0.39 is 24.1 Å². The second kappa shape index (κ2) is 5.42. The second-order valence-corrected chi connectivity index (χ2v) is 3.34. The molecule has 2 unspecified atom stereocenters. The Balaban J connectivity index is 2.87. The second-order valence-electron chi connectivity index (χ2n) is 3.34. The third kappa shape index (κ3) is 3.02. The minimum Gasteiger partial charge on any atom is -0.479 e. The van der Waals surface area contributed by atoms with Gasteiger partial charge >= 0.3 is 11.9 Å². The van der Waals surface area contributed by atoms with Crippen LogP contribution in [0.4, 0.5) is 0 Å². The first-order valence-electron chi connectivity index (χ1n) is 4.74. The van der Waals surface area contributed by atoms with Gasteiger partial charge in [0.1, 0.15) is 6.10 Å². The Kier molecular flexibility index (Phi) is 4.19. The summed E-state index contributed by atoms with van der Waals surface area (Å²) < 4.78 is 4.48. The number of hydrogen-bond acceptors (Lipinski definition) is 5. The zero-order valence-electron chi connectivity index (χ0n) is 9.03. The minimum atomic E-state index is -1.90. The van der Waals surface area contributed by atoms with Crippen LogP contribution in [0.3, 0.4) is 0 Å². The number of carbonyl (C=O) groups excluding carboxylic acids is 1. The van der Waals surface area contributed by atoms with Crippen molar-refractivity contribution in [2.24, 2.45) is 0 Å². The standard InChI is InChI=1S/C11H12O6/c1-17-11(16)7-4-2-6(3-5-7)8(12)9(13)10(14)15/h2-5,8-9,12-13H,1H3,(H,14,15). The number of carboxylic acid groups (broad SMARTS) is 1. The lowest BCUT2D eigenvalue weighted by molar-refractivity contribution is -0.153. The van der Waals surface area contributed by atoms with Crippen molar-refractivity contribution in [3.63, 3.8) is 0 Å². The molecule has 0 aliphatic heterocycles. The molecule has 0 aliphatic carbocycles. The molecule has 92 valence electrons. The fourth-order valence-electron chi connectivity index (χ4n) is 1.25. The van der Waals surface area contributed by atoms with E-state index in [-0.39, 0.29) is 11.1 Å². The molecule has 0 fully saturated rings. The lowest BCUT2D eigenvalue weighted by Gasteiger charge is -2.14. The van der Waals surface area contributed by atoms with E-state index in [0.29, 0.717) is 0 Å². The number of hydrogen-bond donors (Lipinski definition) is 3. The molecular weight excluding hydrogens is 228 g/mol. The number of rotatable bonds is 4. The van der Waals surface area contributed by atoms with Gasteiger partial charge in [-0.1, -0.05) is 12.1 Å². The largest absolute Gasteiger partial charge is 0.479 e. The molecule has 0 saturated heterocycles. The number of esters is 1. The van der Waals surface area contributed by atoms with Gasteiger partial charge in [-0.3, -0.25) is 0 Å². The highest BCUT2D eigenvalue weighted by Gasteiger charge is 2.25. The van der Waals surface area contributed by atoms with Crippen LogP contribution in [0.15, 0.2) is 24.3 Å². The molecule has 0 bridgehead atoms. The number of carbonyl (C=O) groups is 2. The van der Waals surface area contributed by atoms with Crippen molar-refractivity contribution in [3.05, 3.63) is 35.4 Å². The van der Waals surface area contributed by atoms with E-state index in [1.165, 1.54) is 31.4 Å². The summed E-state index contributed by atoms with van der Waals surface area (Å²) in [5.41, 5.74) is 0.473. The zero-order chi connectivity index (χ0) is 13.0. The monoisotopic (exact) mass is 240 g/mol. The molecular formula is C11H12O6. The Morgan fingerprint density at radius 2 is 1.71 bits per heavy atom. The summed E-state index contributed by atoms with van der Waals surface area (Å²) >= 11 is 0. The Labute approximate surface area is 97.1 Å². The van der Waals surface area contributed by atoms with Crippen LogP contribution in [-0.2, 0) is 9.53 Å². The molecule has 0 radical (unpaired) electrons. The normalized spacial score (nSPS) is 13.8. The summed E-state index contributed by atoms with van der Waals surface area (Å²) in [4.78, 5) is 21.6. The highest BCUT2D eigenvalue weighted by molar-refractivity contribution is 5.89. The highest BCUT2D eigenvalue weighted by Crippen LogP contribution is 2.18. The smallest absolute Gasteiger partial charge is 0.337 e. The number of benzene rings is 1. The van der Waals surface area contributed by atoms with Gasteiger partial charge in [-0.25, -0.2) is 9.59 Å². The summed E-state index contributed by atoms with van der Waals surface area (Å²) in [6, 6.07) is 5.45. The first-order chi connectivity index (χ1) is 7.97. The van der Waals surface area contributed by atoms with Crippen molar-refractivity contribution < 1.29 is 29.6 Å². The Hall–Kier alpha value is -1.92. The van der Waals surface area contributed by atoms with Gasteiger partial charge in [0.25, 0.3) is 0 Å². The van der Waals surface area contributed by atoms with Crippen LogP contribution in [0.5, 0.6) is 0 Å². The molecule has 0 saturated carbocycles. The van der Waals surface area contributed by atoms with Crippen LogP contribution in [0.2, 0.25) is 0 Å². The third-order valence-electron chi connectivity index (χ3n) is 2.23. The van der Waals surface area contributed by atoms with Crippen molar-refractivity contribution in [2.45, 2.75) is 12.2 Å². The summed E-state index contributed by atoms with van der Waals surface area (Å²) in [6.45, 7) is 0. The van der Waals surface area contributed by atoms with Crippen LogP contribution >= 0.6 is 0 Å². The van der Waals surface area contributed by atoms with Gasteiger partial charge in [0.05, 0.1) is 12.7 Å². The number of aliphatic hydroxyl groups excluding tert-OH is 2. The van der Waals surface area contributed by atoms with E-state index in [9.17, 15) is 14.7 Å². The molecule has 0 spiro atoms. The summed E-state index contributed by atoms with van der Waals surface area (Å²) in [5.74, 6) is -2.06. The molecule has 0 heterocycles. The molecule has 17 heavy (non-hydrogen) atoms. The lowest BCUT2D eigenvalue weighted by atomic mass is 10.0. The van der Waals surface area contributed by atoms with Crippen LogP contribution in [-0.4, -0.2) is 40.5 Å². The van der Waals surface area contributed by atoms with E-state index in [1.54, 1.807) is 0 Å². The Morgan fingerprint density at radius 1 is 1.18 bits per heavy atom. The maximum absolute atomic E-state index is 11.1. The quantitative estimate of drug-likeness (QED) is 0.637. The zero-order valence-corrected chi connectivity index (χ0v) is 9.03. The fourth-order valence-corrected chi connectivity index (χ4v) is 1.25. The number of ether oxygens (including phenoxy) is 1. The predicted octanol–water partition coefficient (Wildman–Crippen LogP) is -0.0479. The van der Waals surface area contributed by atoms with Crippen LogP contribution in [0, 0.1) is 0 Å². The fraction of sp³-hybridized carbons (Fsp3) is 0.273. The SMILES string of the molecule is COC(=O)c1ccc(C(O)C(O)C(=O)O)cc1. The predicted molar refractivity (Wildman–Crippen MR) is 56.4 cm³/mol. The summed E-state index contributed by atoms with van der Waals surface area (Å²) in [6.07, 6.45) is -3.45. The number of aliphatic carboxylic acids is 1. The van der Waals surface area contributed by atoms with Crippen molar-refractivity contribution >= 4 is 11.9 Å². The first kappa shape index (κ1) is 13.1. The molecule has 1 aromatic rings. The van der Waals surface area contributed by atoms with Crippen molar-refractivity contribution in [1.82, 2.24) is 0 Å². The maximum atomic E-state index is 11.1. The van der Waals surface area contributed by atoms with Gasteiger partial charge in [0, 0.05) is 0 Å². The van der Waals surface area contributed by atoms with E-state index in [1.807, 2.05) is 0 Å². The van der Waals surface area contributed by atoms with E-state index in [2.05, 4.69) is 4.74 Å². The molecule has 1 aromatic carbocycles. The summed E-state index contributed by atoms with van der Waals surface area (Å²) in [7, 11) is 1.24. The average molecular weight is 240 g/mol. The van der Waals surface area contributed by atoms with Gasteiger partial charge < -0.3 is 20.1 Å².